The van der Waals surface area contributed by atoms with Crippen LogP contribution in [-0.2, 0) is 6.42 Å². The van der Waals surface area contributed by atoms with E-state index < -0.39 is 0 Å². The van der Waals surface area contributed by atoms with E-state index in [4.69, 9.17) is 11.6 Å². The normalized spacial score (nSPS) is 13.2. The second-order valence-corrected chi connectivity index (χ2v) is 4.83. The molecule has 0 aliphatic carbocycles. The predicted molar refractivity (Wildman–Crippen MR) is 64.3 cm³/mol. The van der Waals surface area contributed by atoms with E-state index >= 15 is 0 Å². The van der Waals surface area contributed by atoms with Crippen LogP contribution < -0.4 is 0 Å². The maximum Gasteiger partial charge on any atom is 0.133 e. The summed E-state index contributed by atoms with van der Waals surface area (Å²) in [6.45, 7) is 8.62. The van der Waals surface area contributed by atoms with Crippen LogP contribution in [0, 0.1) is 5.92 Å². The third-order valence-corrected chi connectivity index (χ3v) is 2.63. The highest BCUT2D eigenvalue weighted by atomic mass is 35.5. The highest BCUT2D eigenvalue weighted by Gasteiger charge is 2.10. The van der Waals surface area contributed by atoms with Gasteiger partial charge in [-0.3, -0.25) is 0 Å². The average Bonchev–Trinajstić information content (AvgIpc) is 2.14. The molecule has 2 nitrogen and oxygen atoms in total. The van der Waals surface area contributed by atoms with Crippen molar-refractivity contribution in [1.82, 2.24) is 9.97 Å². The van der Waals surface area contributed by atoms with Crippen LogP contribution in [0.1, 0.15) is 51.6 Å². The molecule has 1 aromatic heterocycles. The molecule has 0 aliphatic rings. The molecule has 0 bridgehead atoms. The molecular weight excluding hydrogens is 208 g/mol. The van der Waals surface area contributed by atoms with Crippen LogP contribution in [0.25, 0.3) is 0 Å². The fourth-order valence-corrected chi connectivity index (χ4v) is 1.62. The first-order valence-corrected chi connectivity index (χ1v) is 5.94. The van der Waals surface area contributed by atoms with E-state index in [1.807, 2.05) is 6.07 Å². The monoisotopic (exact) mass is 226 g/mol. The Hall–Kier alpha value is -0.630. The van der Waals surface area contributed by atoms with Gasteiger partial charge in [0.1, 0.15) is 11.0 Å². The fourth-order valence-electron chi connectivity index (χ4n) is 1.41. The van der Waals surface area contributed by atoms with Crippen molar-refractivity contribution in [3.05, 3.63) is 22.7 Å². The number of rotatable bonds is 4. The van der Waals surface area contributed by atoms with Crippen molar-refractivity contribution >= 4 is 11.6 Å². The molecule has 3 heteroatoms. The van der Waals surface area contributed by atoms with E-state index in [1.54, 1.807) is 0 Å². The number of hydrogen-bond donors (Lipinski definition) is 0. The lowest BCUT2D eigenvalue weighted by atomic mass is 10.1. The highest BCUT2D eigenvalue weighted by molar-refractivity contribution is 6.29. The lowest BCUT2D eigenvalue weighted by Crippen LogP contribution is -2.05. The van der Waals surface area contributed by atoms with Crippen molar-refractivity contribution in [3.8, 4) is 0 Å². The minimum Gasteiger partial charge on any atom is -0.238 e. The maximum absolute atomic E-state index is 5.98. The molecule has 0 aliphatic heterocycles. The minimum absolute atomic E-state index is 0.384. The summed E-state index contributed by atoms with van der Waals surface area (Å²) in [5.41, 5.74) is 1.06. The van der Waals surface area contributed by atoms with Crippen molar-refractivity contribution in [2.24, 2.45) is 5.92 Å². The van der Waals surface area contributed by atoms with Gasteiger partial charge >= 0.3 is 0 Å². The lowest BCUT2D eigenvalue weighted by molar-refractivity contribution is 0.616. The first kappa shape index (κ1) is 12.4. The van der Waals surface area contributed by atoms with Crippen LogP contribution in [0.2, 0.25) is 5.15 Å². The predicted octanol–water partition coefficient (Wildman–Crippen LogP) is 3.84. The third kappa shape index (κ3) is 3.78. The van der Waals surface area contributed by atoms with E-state index in [2.05, 4.69) is 37.7 Å². The molecule has 1 unspecified atom stereocenters. The van der Waals surface area contributed by atoms with Gasteiger partial charge in [-0.15, -0.1) is 0 Å². The molecule has 84 valence electrons. The Kier molecular flexibility index (Phi) is 4.52. The van der Waals surface area contributed by atoms with Crippen molar-refractivity contribution < 1.29 is 0 Å². The number of hydrogen-bond acceptors (Lipinski definition) is 2. The maximum atomic E-state index is 5.98. The molecule has 1 rings (SSSR count). The molecule has 0 amide bonds. The summed E-state index contributed by atoms with van der Waals surface area (Å²) in [5.74, 6) is 1.86. The second kappa shape index (κ2) is 5.45. The SMILES string of the molecule is CCC(C)c1nc(Cl)cc(CC(C)C)n1. The van der Waals surface area contributed by atoms with Gasteiger partial charge in [0.2, 0.25) is 0 Å². The zero-order valence-electron chi connectivity index (χ0n) is 9.92. The number of aromatic nitrogens is 2. The Morgan fingerprint density at radius 1 is 1.27 bits per heavy atom. The van der Waals surface area contributed by atoms with Gasteiger partial charge in [0, 0.05) is 11.6 Å². The fraction of sp³-hybridized carbons (Fsp3) is 0.667. The van der Waals surface area contributed by atoms with Gasteiger partial charge in [-0.05, 0) is 24.8 Å². The van der Waals surface area contributed by atoms with Gasteiger partial charge < -0.3 is 0 Å². The van der Waals surface area contributed by atoms with E-state index in [9.17, 15) is 0 Å². The Labute approximate surface area is 97.1 Å². The first-order chi connectivity index (χ1) is 7.02. The van der Waals surface area contributed by atoms with Gasteiger partial charge in [0.05, 0.1) is 0 Å². The zero-order valence-corrected chi connectivity index (χ0v) is 10.7. The summed E-state index contributed by atoms with van der Waals surface area (Å²) in [6, 6.07) is 1.87. The molecule has 0 N–H and O–H groups in total. The molecule has 0 saturated carbocycles. The van der Waals surface area contributed by atoms with Crippen molar-refractivity contribution in [1.29, 1.82) is 0 Å². The first-order valence-electron chi connectivity index (χ1n) is 5.56. The summed E-state index contributed by atoms with van der Waals surface area (Å²) >= 11 is 5.98. The van der Waals surface area contributed by atoms with Gasteiger partial charge in [-0.1, -0.05) is 39.3 Å². The molecule has 0 radical (unpaired) electrons. The molecule has 1 heterocycles. The molecule has 15 heavy (non-hydrogen) atoms. The average molecular weight is 227 g/mol. The lowest BCUT2D eigenvalue weighted by Gasteiger charge is -2.10. The summed E-state index contributed by atoms with van der Waals surface area (Å²) in [5, 5.41) is 0.566. The Morgan fingerprint density at radius 3 is 2.47 bits per heavy atom. The van der Waals surface area contributed by atoms with Gasteiger partial charge in [-0.2, -0.15) is 0 Å². The van der Waals surface area contributed by atoms with Crippen LogP contribution >= 0.6 is 11.6 Å². The standard InChI is InChI=1S/C12H19ClN2/c1-5-9(4)12-14-10(6-8(2)3)7-11(13)15-12/h7-9H,5-6H2,1-4H3. The largest absolute Gasteiger partial charge is 0.238 e. The molecule has 0 fully saturated rings. The number of nitrogens with zero attached hydrogens (tertiary/aromatic N) is 2. The molecule has 0 aromatic carbocycles. The summed E-state index contributed by atoms with van der Waals surface area (Å²) in [7, 11) is 0. The van der Waals surface area contributed by atoms with Gasteiger partial charge in [0.25, 0.3) is 0 Å². The van der Waals surface area contributed by atoms with Crippen LogP contribution in [0.5, 0.6) is 0 Å². The van der Waals surface area contributed by atoms with Crippen LogP contribution in [0.3, 0.4) is 0 Å². The van der Waals surface area contributed by atoms with Gasteiger partial charge in [0.15, 0.2) is 0 Å². The Balaban J connectivity index is 2.94. The molecular formula is C12H19ClN2. The number of halogens is 1. The molecule has 0 spiro atoms. The Morgan fingerprint density at radius 2 is 1.93 bits per heavy atom. The van der Waals surface area contributed by atoms with E-state index in [0.29, 0.717) is 17.0 Å². The second-order valence-electron chi connectivity index (χ2n) is 4.45. The van der Waals surface area contributed by atoms with Crippen LogP contribution in [-0.4, -0.2) is 9.97 Å². The summed E-state index contributed by atoms with van der Waals surface area (Å²) < 4.78 is 0. The molecule has 1 atom stereocenters. The van der Waals surface area contributed by atoms with Crippen molar-refractivity contribution in [2.75, 3.05) is 0 Å². The quantitative estimate of drug-likeness (QED) is 0.729. The van der Waals surface area contributed by atoms with Gasteiger partial charge in [-0.25, -0.2) is 9.97 Å². The van der Waals surface area contributed by atoms with E-state index in [-0.39, 0.29) is 0 Å². The highest BCUT2D eigenvalue weighted by Crippen LogP contribution is 2.18. The smallest absolute Gasteiger partial charge is 0.133 e. The summed E-state index contributed by atoms with van der Waals surface area (Å²) in [6.07, 6.45) is 2.01. The summed E-state index contributed by atoms with van der Waals surface area (Å²) in [4.78, 5) is 8.82. The van der Waals surface area contributed by atoms with Crippen LogP contribution in [0.4, 0.5) is 0 Å². The topological polar surface area (TPSA) is 25.8 Å². The minimum atomic E-state index is 0.384. The third-order valence-electron chi connectivity index (χ3n) is 2.44. The molecule has 0 saturated heterocycles. The van der Waals surface area contributed by atoms with Crippen molar-refractivity contribution in [2.45, 2.75) is 46.5 Å². The van der Waals surface area contributed by atoms with E-state index in [1.165, 1.54) is 0 Å². The van der Waals surface area contributed by atoms with E-state index in [0.717, 1.165) is 24.4 Å². The van der Waals surface area contributed by atoms with Crippen molar-refractivity contribution in [3.63, 3.8) is 0 Å². The van der Waals surface area contributed by atoms with Crippen LogP contribution in [0.15, 0.2) is 6.07 Å². The Bertz CT molecular complexity index is 323. The zero-order chi connectivity index (χ0) is 11.4. The molecule has 1 aromatic rings.